The number of aliphatic hydroxyl groups excluding tert-OH is 1. The molecule has 0 amide bonds. The van der Waals surface area contributed by atoms with Gasteiger partial charge in [-0.2, -0.15) is 0 Å². The van der Waals surface area contributed by atoms with Gasteiger partial charge in [0.1, 0.15) is 5.76 Å². The van der Waals surface area contributed by atoms with Crippen molar-refractivity contribution >= 4 is 5.96 Å². The number of aliphatic imine (C=N–C) groups is 1. The van der Waals surface area contributed by atoms with Crippen LogP contribution in [0.5, 0.6) is 0 Å². The van der Waals surface area contributed by atoms with Gasteiger partial charge in [-0.3, -0.25) is 9.89 Å². The van der Waals surface area contributed by atoms with E-state index in [-0.39, 0.29) is 6.10 Å². The molecule has 28 heavy (non-hydrogen) atoms. The second-order valence-corrected chi connectivity index (χ2v) is 7.35. The molecule has 1 aromatic carbocycles. The van der Waals surface area contributed by atoms with Crippen LogP contribution in [0.25, 0.3) is 0 Å². The SMILES string of the molecule is CN=C(NCc1ccc(CN2CCC(O)CC2)cc1)NCc1nc(C)c(C)o1. The predicted octanol–water partition coefficient (Wildman–Crippen LogP) is 2.11. The minimum Gasteiger partial charge on any atom is -0.444 e. The molecule has 7 nitrogen and oxygen atoms in total. The number of oxazole rings is 1. The van der Waals surface area contributed by atoms with Crippen LogP contribution in [0.2, 0.25) is 0 Å². The smallest absolute Gasteiger partial charge is 0.214 e. The van der Waals surface area contributed by atoms with E-state index in [1.807, 2.05) is 13.8 Å². The third-order valence-corrected chi connectivity index (χ3v) is 5.15. The van der Waals surface area contributed by atoms with E-state index >= 15 is 0 Å². The highest BCUT2D eigenvalue weighted by Gasteiger charge is 2.16. The highest BCUT2D eigenvalue weighted by molar-refractivity contribution is 5.79. The van der Waals surface area contributed by atoms with Crippen molar-refractivity contribution in [2.75, 3.05) is 20.1 Å². The van der Waals surface area contributed by atoms with E-state index in [4.69, 9.17) is 4.42 Å². The molecule has 1 aliphatic rings. The van der Waals surface area contributed by atoms with Crippen LogP contribution in [0.3, 0.4) is 0 Å². The second kappa shape index (κ2) is 9.71. The average Bonchev–Trinajstić information content (AvgIpc) is 3.02. The number of hydrogen-bond acceptors (Lipinski definition) is 5. The quantitative estimate of drug-likeness (QED) is 0.522. The van der Waals surface area contributed by atoms with Crippen molar-refractivity contribution in [1.82, 2.24) is 20.5 Å². The fourth-order valence-electron chi connectivity index (χ4n) is 3.28. The fraction of sp³-hybridized carbons (Fsp3) is 0.524. The van der Waals surface area contributed by atoms with Crippen molar-refractivity contribution < 1.29 is 9.52 Å². The van der Waals surface area contributed by atoms with Crippen LogP contribution in [0, 0.1) is 13.8 Å². The molecule has 2 heterocycles. The van der Waals surface area contributed by atoms with Gasteiger partial charge in [-0.05, 0) is 37.8 Å². The summed E-state index contributed by atoms with van der Waals surface area (Å²) in [4.78, 5) is 11.0. The number of benzene rings is 1. The topological polar surface area (TPSA) is 85.9 Å². The number of likely N-dealkylation sites (tertiary alicyclic amines) is 1. The van der Waals surface area contributed by atoms with Gasteiger partial charge in [0.2, 0.25) is 5.89 Å². The Labute approximate surface area is 166 Å². The Bertz CT molecular complexity index is 757. The first-order chi connectivity index (χ1) is 13.5. The van der Waals surface area contributed by atoms with Crippen LogP contribution in [-0.4, -0.2) is 47.2 Å². The molecule has 3 N–H and O–H groups in total. The molecule has 0 radical (unpaired) electrons. The first-order valence-electron chi connectivity index (χ1n) is 9.89. The van der Waals surface area contributed by atoms with Gasteiger partial charge in [-0.25, -0.2) is 4.98 Å². The number of guanidine groups is 1. The molecule has 0 unspecified atom stereocenters. The lowest BCUT2D eigenvalue weighted by molar-refractivity contribution is 0.0792. The van der Waals surface area contributed by atoms with Crippen molar-refractivity contribution in [3.8, 4) is 0 Å². The third kappa shape index (κ3) is 5.81. The third-order valence-electron chi connectivity index (χ3n) is 5.15. The van der Waals surface area contributed by atoms with Gasteiger partial charge in [0.15, 0.2) is 5.96 Å². The van der Waals surface area contributed by atoms with E-state index in [2.05, 4.69) is 49.8 Å². The minimum absolute atomic E-state index is 0.121. The summed E-state index contributed by atoms with van der Waals surface area (Å²) in [5.41, 5.74) is 3.42. The summed E-state index contributed by atoms with van der Waals surface area (Å²) in [6.45, 7) is 7.92. The van der Waals surface area contributed by atoms with Crippen LogP contribution < -0.4 is 10.6 Å². The number of nitrogens with zero attached hydrogens (tertiary/aromatic N) is 3. The maximum absolute atomic E-state index is 9.61. The Morgan fingerprint density at radius 1 is 1.14 bits per heavy atom. The molecule has 2 aromatic rings. The average molecular weight is 386 g/mol. The number of rotatable bonds is 6. The maximum Gasteiger partial charge on any atom is 0.214 e. The number of aromatic nitrogens is 1. The van der Waals surface area contributed by atoms with Crippen LogP contribution in [0.15, 0.2) is 33.7 Å². The Morgan fingerprint density at radius 3 is 2.39 bits per heavy atom. The van der Waals surface area contributed by atoms with Gasteiger partial charge in [0.25, 0.3) is 0 Å². The highest BCUT2D eigenvalue weighted by atomic mass is 16.4. The summed E-state index contributed by atoms with van der Waals surface area (Å²) >= 11 is 0. The Kier molecular flexibility index (Phi) is 7.06. The van der Waals surface area contributed by atoms with Gasteiger partial charge >= 0.3 is 0 Å². The molecular formula is C21H31N5O2. The Hall–Kier alpha value is -2.38. The summed E-state index contributed by atoms with van der Waals surface area (Å²) in [5.74, 6) is 2.22. The van der Waals surface area contributed by atoms with Crippen molar-refractivity contribution in [2.45, 2.75) is 52.4 Å². The van der Waals surface area contributed by atoms with Crippen molar-refractivity contribution in [2.24, 2.45) is 4.99 Å². The lowest BCUT2D eigenvalue weighted by Gasteiger charge is -2.29. The van der Waals surface area contributed by atoms with Crippen molar-refractivity contribution in [3.05, 3.63) is 52.7 Å². The first-order valence-corrected chi connectivity index (χ1v) is 9.89. The summed E-state index contributed by atoms with van der Waals surface area (Å²) in [7, 11) is 1.75. The Morgan fingerprint density at radius 2 is 1.79 bits per heavy atom. The van der Waals surface area contributed by atoms with Gasteiger partial charge in [0.05, 0.1) is 18.3 Å². The van der Waals surface area contributed by atoms with Crippen LogP contribution in [0.1, 0.15) is 41.3 Å². The number of hydrogen-bond donors (Lipinski definition) is 3. The molecule has 7 heteroatoms. The van der Waals surface area contributed by atoms with E-state index in [0.717, 1.165) is 43.9 Å². The fourth-order valence-corrected chi connectivity index (χ4v) is 3.28. The number of piperidine rings is 1. The lowest BCUT2D eigenvalue weighted by atomic mass is 10.1. The maximum atomic E-state index is 9.61. The standard InChI is InChI=1S/C21H31N5O2/c1-15-16(2)28-20(25-15)13-24-21(22-3)23-12-17-4-6-18(7-5-17)14-26-10-8-19(27)9-11-26/h4-7,19,27H,8-14H2,1-3H3,(H2,22,23,24). The van der Waals surface area contributed by atoms with Crippen molar-refractivity contribution in [3.63, 3.8) is 0 Å². The van der Waals surface area contributed by atoms with Crippen LogP contribution >= 0.6 is 0 Å². The zero-order valence-electron chi connectivity index (χ0n) is 17.0. The van der Waals surface area contributed by atoms with Gasteiger partial charge < -0.3 is 20.2 Å². The zero-order chi connectivity index (χ0) is 19.9. The highest BCUT2D eigenvalue weighted by Crippen LogP contribution is 2.14. The summed E-state index contributed by atoms with van der Waals surface area (Å²) in [6.07, 6.45) is 1.63. The van der Waals surface area contributed by atoms with E-state index in [0.29, 0.717) is 24.9 Å². The van der Waals surface area contributed by atoms with Crippen molar-refractivity contribution in [1.29, 1.82) is 0 Å². The van der Waals surface area contributed by atoms with Crippen LogP contribution in [-0.2, 0) is 19.6 Å². The molecular weight excluding hydrogens is 354 g/mol. The summed E-state index contributed by atoms with van der Waals surface area (Å²) in [5, 5.41) is 16.1. The molecule has 1 aliphatic heterocycles. The zero-order valence-corrected chi connectivity index (χ0v) is 17.0. The monoisotopic (exact) mass is 385 g/mol. The molecule has 0 aliphatic carbocycles. The minimum atomic E-state index is -0.121. The lowest BCUT2D eigenvalue weighted by Crippen LogP contribution is -2.36. The van der Waals surface area contributed by atoms with E-state index in [1.165, 1.54) is 11.1 Å². The van der Waals surface area contributed by atoms with Crippen LogP contribution in [0.4, 0.5) is 0 Å². The summed E-state index contributed by atoms with van der Waals surface area (Å²) in [6, 6.07) is 8.65. The van der Waals surface area contributed by atoms with Gasteiger partial charge in [0, 0.05) is 33.2 Å². The number of aryl methyl sites for hydroxylation is 2. The van der Waals surface area contributed by atoms with Gasteiger partial charge in [-0.1, -0.05) is 24.3 Å². The molecule has 1 aromatic heterocycles. The normalized spacial score (nSPS) is 16.4. The molecule has 3 rings (SSSR count). The number of nitrogens with one attached hydrogen (secondary N) is 2. The molecule has 0 bridgehead atoms. The van der Waals surface area contributed by atoms with Gasteiger partial charge in [-0.15, -0.1) is 0 Å². The summed E-state index contributed by atoms with van der Waals surface area (Å²) < 4.78 is 5.58. The largest absolute Gasteiger partial charge is 0.444 e. The molecule has 0 saturated carbocycles. The van der Waals surface area contributed by atoms with E-state index in [1.54, 1.807) is 7.05 Å². The molecule has 0 spiro atoms. The molecule has 152 valence electrons. The molecule has 0 atom stereocenters. The van der Waals surface area contributed by atoms with E-state index in [9.17, 15) is 5.11 Å². The first kappa shape index (κ1) is 20.4. The van der Waals surface area contributed by atoms with E-state index < -0.39 is 0 Å². The molecule has 1 fully saturated rings. The Balaban J connectivity index is 1.44. The number of aliphatic hydroxyl groups is 1. The predicted molar refractivity (Wildman–Crippen MR) is 110 cm³/mol. The second-order valence-electron chi connectivity index (χ2n) is 7.35. The molecule has 1 saturated heterocycles.